The molecular weight excluding hydrogens is 223 g/mol. The fourth-order valence-corrected chi connectivity index (χ4v) is 1.78. The van der Waals surface area contributed by atoms with E-state index in [9.17, 15) is 9.18 Å². The van der Waals surface area contributed by atoms with E-state index < -0.39 is 0 Å². The lowest BCUT2D eigenvalue weighted by Crippen LogP contribution is -2.18. The first-order valence-electron chi connectivity index (χ1n) is 5.74. The standard InChI is InChI=1S/C13H15FO3/c14-11-5-3-10(4-6-11)13(15)9-16-8-12-2-1-7-17-12/h3-6,12H,1-2,7-9H2. The van der Waals surface area contributed by atoms with Crippen LogP contribution in [0, 0.1) is 5.82 Å². The summed E-state index contributed by atoms with van der Waals surface area (Å²) in [4.78, 5) is 11.6. The largest absolute Gasteiger partial charge is 0.376 e. The van der Waals surface area contributed by atoms with Gasteiger partial charge in [-0.05, 0) is 37.1 Å². The molecule has 17 heavy (non-hydrogen) atoms. The van der Waals surface area contributed by atoms with Crippen molar-refractivity contribution >= 4 is 5.78 Å². The molecule has 1 aliphatic heterocycles. The number of hydrogen-bond donors (Lipinski definition) is 0. The normalized spacial score (nSPS) is 19.5. The average Bonchev–Trinajstić information content (AvgIpc) is 2.83. The number of ether oxygens (including phenoxy) is 2. The quantitative estimate of drug-likeness (QED) is 0.738. The van der Waals surface area contributed by atoms with Gasteiger partial charge in [0.2, 0.25) is 0 Å². The minimum absolute atomic E-state index is 0.0193. The molecule has 0 amide bonds. The molecule has 0 spiro atoms. The van der Waals surface area contributed by atoms with Crippen LogP contribution in [0.4, 0.5) is 4.39 Å². The van der Waals surface area contributed by atoms with Gasteiger partial charge in [-0.2, -0.15) is 0 Å². The molecule has 1 saturated heterocycles. The molecule has 1 heterocycles. The number of carbonyl (C=O) groups is 1. The Morgan fingerprint density at radius 2 is 2.18 bits per heavy atom. The molecular formula is C13H15FO3. The molecule has 0 saturated carbocycles. The Morgan fingerprint density at radius 1 is 1.41 bits per heavy atom. The number of benzene rings is 1. The summed E-state index contributed by atoms with van der Waals surface area (Å²) < 4.78 is 23.3. The fourth-order valence-electron chi connectivity index (χ4n) is 1.78. The van der Waals surface area contributed by atoms with Crippen LogP contribution in [0.25, 0.3) is 0 Å². The number of carbonyl (C=O) groups excluding carboxylic acids is 1. The van der Waals surface area contributed by atoms with Gasteiger partial charge in [-0.25, -0.2) is 4.39 Å². The average molecular weight is 238 g/mol. The van der Waals surface area contributed by atoms with E-state index in [0.717, 1.165) is 19.4 Å². The van der Waals surface area contributed by atoms with Crippen molar-refractivity contribution in [1.29, 1.82) is 0 Å². The molecule has 4 heteroatoms. The Kier molecular flexibility index (Phi) is 4.23. The maximum absolute atomic E-state index is 12.6. The van der Waals surface area contributed by atoms with E-state index in [1.54, 1.807) is 0 Å². The molecule has 92 valence electrons. The predicted molar refractivity (Wildman–Crippen MR) is 60.5 cm³/mol. The maximum atomic E-state index is 12.6. The highest BCUT2D eigenvalue weighted by atomic mass is 19.1. The van der Waals surface area contributed by atoms with Crippen LogP contribution >= 0.6 is 0 Å². The summed E-state index contributed by atoms with van der Waals surface area (Å²) in [5, 5.41) is 0. The van der Waals surface area contributed by atoms with Crippen LogP contribution in [0.2, 0.25) is 0 Å². The lowest BCUT2D eigenvalue weighted by molar-refractivity contribution is 0.0190. The number of ketones is 1. The summed E-state index contributed by atoms with van der Waals surface area (Å²) in [5.41, 5.74) is 0.471. The van der Waals surface area contributed by atoms with Crippen LogP contribution in [-0.2, 0) is 9.47 Å². The number of hydrogen-bond acceptors (Lipinski definition) is 3. The summed E-state index contributed by atoms with van der Waals surface area (Å²) in [5.74, 6) is -0.482. The molecule has 3 nitrogen and oxygen atoms in total. The molecule has 1 aliphatic rings. The molecule has 0 bridgehead atoms. The minimum Gasteiger partial charge on any atom is -0.376 e. The lowest BCUT2D eigenvalue weighted by atomic mass is 10.1. The van der Waals surface area contributed by atoms with E-state index in [1.165, 1.54) is 24.3 Å². The van der Waals surface area contributed by atoms with Crippen LogP contribution < -0.4 is 0 Å². The van der Waals surface area contributed by atoms with Gasteiger partial charge in [-0.1, -0.05) is 0 Å². The Bertz CT molecular complexity index is 369. The summed E-state index contributed by atoms with van der Waals surface area (Å²) in [6, 6.07) is 5.47. The second-order valence-electron chi connectivity index (χ2n) is 4.08. The first-order valence-corrected chi connectivity index (χ1v) is 5.74. The third-order valence-electron chi connectivity index (χ3n) is 2.73. The predicted octanol–water partition coefficient (Wildman–Crippen LogP) is 2.20. The second-order valence-corrected chi connectivity index (χ2v) is 4.08. The van der Waals surface area contributed by atoms with Gasteiger partial charge in [0.25, 0.3) is 0 Å². The van der Waals surface area contributed by atoms with Gasteiger partial charge in [0.05, 0.1) is 12.7 Å². The Hall–Kier alpha value is -1.26. The first-order chi connectivity index (χ1) is 8.25. The molecule has 1 atom stereocenters. The summed E-state index contributed by atoms with van der Waals surface area (Å²) in [7, 11) is 0. The monoisotopic (exact) mass is 238 g/mol. The highest BCUT2D eigenvalue weighted by Crippen LogP contribution is 2.12. The third-order valence-corrected chi connectivity index (χ3v) is 2.73. The van der Waals surface area contributed by atoms with Crippen LogP contribution in [-0.4, -0.2) is 31.7 Å². The van der Waals surface area contributed by atoms with Crippen molar-refractivity contribution in [3.8, 4) is 0 Å². The zero-order chi connectivity index (χ0) is 12.1. The summed E-state index contributed by atoms with van der Waals surface area (Å²) >= 11 is 0. The molecule has 1 unspecified atom stereocenters. The topological polar surface area (TPSA) is 35.5 Å². The highest BCUT2D eigenvalue weighted by Gasteiger charge is 2.16. The molecule has 2 rings (SSSR count). The van der Waals surface area contributed by atoms with Gasteiger partial charge in [0, 0.05) is 12.2 Å². The molecule has 0 aliphatic carbocycles. The van der Waals surface area contributed by atoms with Crippen molar-refractivity contribution in [2.24, 2.45) is 0 Å². The van der Waals surface area contributed by atoms with Crippen molar-refractivity contribution in [3.05, 3.63) is 35.6 Å². The van der Waals surface area contributed by atoms with Crippen molar-refractivity contribution in [1.82, 2.24) is 0 Å². The maximum Gasteiger partial charge on any atom is 0.188 e. The van der Waals surface area contributed by atoms with Crippen molar-refractivity contribution in [2.45, 2.75) is 18.9 Å². The fraction of sp³-hybridized carbons (Fsp3) is 0.462. The molecule has 0 radical (unpaired) electrons. The van der Waals surface area contributed by atoms with E-state index in [1.807, 2.05) is 0 Å². The van der Waals surface area contributed by atoms with Gasteiger partial charge in [-0.15, -0.1) is 0 Å². The third kappa shape index (κ3) is 3.61. The van der Waals surface area contributed by atoms with Gasteiger partial charge in [-0.3, -0.25) is 4.79 Å². The zero-order valence-corrected chi connectivity index (χ0v) is 9.52. The lowest BCUT2D eigenvalue weighted by Gasteiger charge is -2.09. The Labute approximate surface area is 99.5 Å². The van der Waals surface area contributed by atoms with E-state index in [-0.39, 0.29) is 24.3 Å². The van der Waals surface area contributed by atoms with Crippen LogP contribution in [0.5, 0.6) is 0 Å². The summed E-state index contributed by atoms with van der Waals surface area (Å²) in [6.45, 7) is 1.25. The zero-order valence-electron chi connectivity index (χ0n) is 9.52. The summed E-state index contributed by atoms with van der Waals surface area (Å²) in [6.07, 6.45) is 2.17. The van der Waals surface area contributed by atoms with E-state index in [2.05, 4.69) is 0 Å². The molecule has 1 fully saturated rings. The van der Waals surface area contributed by atoms with Crippen LogP contribution in [0.15, 0.2) is 24.3 Å². The number of rotatable bonds is 5. The van der Waals surface area contributed by atoms with Crippen LogP contribution in [0.1, 0.15) is 23.2 Å². The van der Waals surface area contributed by atoms with Crippen LogP contribution in [0.3, 0.4) is 0 Å². The molecule has 0 N–H and O–H groups in total. The van der Waals surface area contributed by atoms with E-state index in [4.69, 9.17) is 9.47 Å². The van der Waals surface area contributed by atoms with Gasteiger partial charge in [0.1, 0.15) is 12.4 Å². The van der Waals surface area contributed by atoms with Crippen molar-refractivity contribution < 1.29 is 18.7 Å². The number of halogens is 1. The molecule has 0 aromatic heterocycles. The first kappa shape index (κ1) is 12.2. The minimum atomic E-state index is -0.346. The molecule has 1 aromatic carbocycles. The van der Waals surface area contributed by atoms with Crippen molar-refractivity contribution in [3.63, 3.8) is 0 Å². The SMILES string of the molecule is O=C(COCC1CCCO1)c1ccc(F)cc1. The van der Waals surface area contributed by atoms with Gasteiger partial charge in [0.15, 0.2) is 5.78 Å². The van der Waals surface area contributed by atoms with Gasteiger partial charge < -0.3 is 9.47 Å². The molecule has 1 aromatic rings. The Morgan fingerprint density at radius 3 is 2.82 bits per heavy atom. The number of Topliss-reactive ketones (excluding diaryl/α,β-unsaturated/α-hetero) is 1. The van der Waals surface area contributed by atoms with Crippen molar-refractivity contribution in [2.75, 3.05) is 19.8 Å². The van der Waals surface area contributed by atoms with Gasteiger partial charge >= 0.3 is 0 Å². The van der Waals surface area contributed by atoms with E-state index in [0.29, 0.717) is 12.2 Å². The second kappa shape index (κ2) is 5.89. The highest BCUT2D eigenvalue weighted by molar-refractivity contribution is 5.97. The smallest absolute Gasteiger partial charge is 0.188 e. The Balaban J connectivity index is 1.75. The van der Waals surface area contributed by atoms with E-state index >= 15 is 0 Å².